The van der Waals surface area contributed by atoms with Crippen LogP contribution in [0.4, 0.5) is 0 Å². The minimum Gasteiger partial charge on any atom is -0.377 e. The summed E-state index contributed by atoms with van der Waals surface area (Å²) in [6.07, 6.45) is 6.98. The highest BCUT2D eigenvalue weighted by Gasteiger charge is 2.32. The first-order valence-electron chi connectivity index (χ1n) is 8.33. The van der Waals surface area contributed by atoms with Gasteiger partial charge in [0, 0.05) is 25.7 Å². The van der Waals surface area contributed by atoms with E-state index < -0.39 is 10.0 Å². The molecule has 6 heteroatoms. The summed E-state index contributed by atoms with van der Waals surface area (Å²) in [4.78, 5) is 0. The van der Waals surface area contributed by atoms with Crippen molar-refractivity contribution in [2.75, 3.05) is 26.0 Å². The molecule has 2 aliphatic rings. The van der Waals surface area contributed by atoms with Gasteiger partial charge in [-0.05, 0) is 51.5 Å². The first kappa shape index (κ1) is 17.2. The highest BCUT2D eigenvalue weighted by molar-refractivity contribution is 7.89. The lowest BCUT2D eigenvalue weighted by molar-refractivity contribution is 0.125. The van der Waals surface area contributed by atoms with Gasteiger partial charge in [0.15, 0.2) is 0 Å². The van der Waals surface area contributed by atoms with Gasteiger partial charge in [-0.2, -0.15) is 0 Å². The summed E-state index contributed by atoms with van der Waals surface area (Å²) in [5.41, 5.74) is 0. The zero-order chi connectivity index (χ0) is 15.3. The standard InChI is InChI=1S/C15H30N2O3S/c1-3-10-16-13-6-8-14(9-7-13)17(2)21(18,19)12-15-5-4-11-20-15/h13-16H,3-12H2,1-2H3. The predicted octanol–water partition coefficient (Wildman–Crippen LogP) is 1.74. The molecule has 0 amide bonds. The molecule has 1 N–H and O–H groups in total. The van der Waals surface area contributed by atoms with Crippen molar-refractivity contribution >= 4 is 10.0 Å². The van der Waals surface area contributed by atoms with E-state index in [0.29, 0.717) is 12.6 Å². The van der Waals surface area contributed by atoms with Gasteiger partial charge in [0.25, 0.3) is 0 Å². The largest absolute Gasteiger partial charge is 0.377 e. The minimum atomic E-state index is -3.19. The van der Waals surface area contributed by atoms with E-state index in [1.54, 1.807) is 11.4 Å². The van der Waals surface area contributed by atoms with E-state index in [0.717, 1.165) is 51.5 Å². The second-order valence-corrected chi connectivity index (χ2v) is 8.46. The van der Waals surface area contributed by atoms with Gasteiger partial charge in [-0.15, -0.1) is 0 Å². The zero-order valence-corrected chi connectivity index (χ0v) is 14.2. The number of hydrogen-bond donors (Lipinski definition) is 1. The topological polar surface area (TPSA) is 58.6 Å². The van der Waals surface area contributed by atoms with E-state index in [-0.39, 0.29) is 17.9 Å². The van der Waals surface area contributed by atoms with E-state index in [1.807, 2.05) is 0 Å². The summed E-state index contributed by atoms with van der Waals surface area (Å²) in [6.45, 7) is 3.94. The van der Waals surface area contributed by atoms with Crippen molar-refractivity contribution in [3.05, 3.63) is 0 Å². The van der Waals surface area contributed by atoms with Crippen LogP contribution in [0.2, 0.25) is 0 Å². The van der Waals surface area contributed by atoms with E-state index in [4.69, 9.17) is 4.74 Å². The van der Waals surface area contributed by atoms with Gasteiger partial charge < -0.3 is 10.1 Å². The Kier molecular flexibility index (Phi) is 6.47. The van der Waals surface area contributed by atoms with E-state index >= 15 is 0 Å². The molecule has 124 valence electrons. The number of nitrogens with zero attached hydrogens (tertiary/aromatic N) is 1. The number of ether oxygens (including phenoxy) is 1. The van der Waals surface area contributed by atoms with Crippen molar-refractivity contribution in [2.24, 2.45) is 0 Å². The van der Waals surface area contributed by atoms with Gasteiger partial charge in [0.2, 0.25) is 10.0 Å². The fraction of sp³-hybridized carbons (Fsp3) is 1.00. The smallest absolute Gasteiger partial charge is 0.216 e. The first-order valence-corrected chi connectivity index (χ1v) is 9.94. The maximum atomic E-state index is 12.5. The Hall–Kier alpha value is -0.170. The van der Waals surface area contributed by atoms with Gasteiger partial charge in [0.1, 0.15) is 0 Å². The Bertz CT molecular complexity index is 399. The Balaban J connectivity index is 1.81. The van der Waals surface area contributed by atoms with Crippen LogP contribution in [0.3, 0.4) is 0 Å². The lowest BCUT2D eigenvalue weighted by atomic mass is 9.91. The van der Waals surface area contributed by atoms with Crippen LogP contribution in [0.1, 0.15) is 51.9 Å². The molecule has 0 aromatic carbocycles. The van der Waals surface area contributed by atoms with Crippen LogP contribution in [0.5, 0.6) is 0 Å². The third-order valence-electron chi connectivity index (χ3n) is 4.75. The normalized spacial score (nSPS) is 30.9. The lowest BCUT2D eigenvalue weighted by Crippen LogP contribution is -2.45. The molecule has 2 fully saturated rings. The zero-order valence-electron chi connectivity index (χ0n) is 13.4. The molecule has 1 heterocycles. The predicted molar refractivity (Wildman–Crippen MR) is 84.9 cm³/mol. The summed E-state index contributed by atoms with van der Waals surface area (Å²) in [5, 5.41) is 3.54. The summed E-state index contributed by atoms with van der Waals surface area (Å²) >= 11 is 0. The van der Waals surface area contributed by atoms with Gasteiger partial charge in [-0.25, -0.2) is 12.7 Å². The average Bonchev–Trinajstić information content (AvgIpc) is 2.97. The summed E-state index contributed by atoms with van der Waals surface area (Å²) in [6, 6.07) is 0.728. The second kappa shape index (κ2) is 7.90. The minimum absolute atomic E-state index is 0.0972. The third kappa shape index (κ3) is 4.91. The highest BCUT2D eigenvalue weighted by Crippen LogP contribution is 2.25. The Labute approximate surface area is 129 Å². The van der Waals surface area contributed by atoms with Gasteiger partial charge in [-0.1, -0.05) is 6.92 Å². The van der Waals surface area contributed by atoms with Crippen molar-refractivity contribution in [2.45, 2.75) is 70.1 Å². The molecule has 1 atom stereocenters. The molecular formula is C15H30N2O3S. The van der Waals surface area contributed by atoms with Crippen molar-refractivity contribution in [1.29, 1.82) is 0 Å². The van der Waals surface area contributed by atoms with Gasteiger partial charge in [-0.3, -0.25) is 0 Å². The van der Waals surface area contributed by atoms with Crippen molar-refractivity contribution in [3.8, 4) is 0 Å². The van der Waals surface area contributed by atoms with Crippen molar-refractivity contribution < 1.29 is 13.2 Å². The maximum absolute atomic E-state index is 12.5. The lowest BCUT2D eigenvalue weighted by Gasteiger charge is -2.34. The Morgan fingerprint density at radius 2 is 1.90 bits per heavy atom. The molecule has 1 aliphatic carbocycles. The van der Waals surface area contributed by atoms with E-state index in [9.17, 15) is 8.42 Å². The number of nitrogens with one attached hydrogen (secondary N) is 1. The Morgan fingerprint density at radius 1 is 1.19 bits per heavy atom. The fourth-order valence-electron chi connectivity index (χ4n) is 3.35. The van der Waals surface area contributed by atoms with Gasteiger partial charge in [0.05, 0.1) is 11.9 Å². The molecule has 1 saturated heterocycles. The molecule has 0 spiro atoms. The van der Waals surface area contributed by atoms with Crippen molar-refractivity contribution in [3.63, 3.8) is 0 Å². The molecule has 0 radical (unpaired) electrons. The molecular weight excluding hydrogens is 288 g/mol. The quantitative estimate of drug-likeness (QED) is 0.777. The van der Waals surface area contributed by atoms with E-state index in [1.165, 1.54) is 0 Å². The summed E-state index contributed by atoms with van der Waals surface area (Å²) < 4.78 is 32.0. The van der Waals surface area contributed by atoms with Crippen LogP contribution in [0.15, 0.2) is 0 Å². The molecule has 0 aromatic rings. The van der Waals surface area contributed by atoms with Gasteiger partial charge >= 0.3 is 0 Å². The van der Waals surface area contributed by atoms with Crippen LogP contribution < -0.4 is 5.32 Å². The third-order valence-corrected chi connectivity index (χ3v) is 6.72. The maximum Gasteiger partial charge on any atom is 0.216 e. The SMILES string of the molecule is CCCNC1CCC(N(C)S(=O)(=O)CC2CCCO2)CC1. The molecule has 5 nitrogen and oxygen atoms in total. The monoisotopic (exact) mass is 318 g/mol. The van der Waals surface area contributed by atoms with E-state index in [2.05, 4.69) is 12.2 Å². The number of sulfonamides is 1. The highest BCUT2D eigenvalue weighted by atomic mass is 32.2. The van der Waals surface area contributed by atoms with Crippen molar-refractivity contribution in [1.82, 2.24) is 9.62 Å². The van der Waals surface area contributed by atoms with Crippen LogP contribution >= 0.6 is 0 Å². The summed E-state index contributed by atoms with van der Waals surface area (Å²) in [5.74, 6) is 0.150. The summed E-state index contributed by atoms with van der Waals surface area (Å²) in [7, 11) is -1.45. The molecule has 21 heavy (non-hydrogen) atoms. The molecule has 0 bridgehead atoms. The molecule has 0 aromatic heterocycles. The number of hydrogen-bond acceptors (Lipinski definition) is 4. The molecule has 2 rings (SSSR count). The molecule has 1 unspecified atom stereocenters. The van der Waals surface area contributed by atoms with Crippen LogP contribution in [0, 0.1) is 0 Å². The Morgan fingerprint density at radius 3 is 2.48 bits per heavy atom. The average molecular weight is 318 g/mol. The first-order chi connectivity index (χ1) is 10.0. The molecule has 1 saturated carbocycles. The van der Waals surface area contributed by atoms with Crippen LogP contribution in [-0.2, 0) is 14.8 Å². The molecule has 1 aliphatic heterocycles. The van der Waals surface area contributed by atoms with Crippen LogP contribution in [0.25, 0.3) is 0 Å². The second-order valence-electron chi connectivity index (χ2n) is 6.39. The van der Waals surface area contributed by atoms with Crippen LogP contribution in [-0.4, -0.2) is 56.9 Å². The number of rotatable bonds is 7. The fourth-order valence-corrected chi connectivity index (χ4v) is 4.98.